The molecule has 1 aromatic heterocycles. The Morgan fingerprint density at radius 1 is 1.21 bits per heavy atom. The number of aryl methyl sites for hydroxylation is 1. The summed E-state index contributed by atoms with van der Waals surface area (Å²) in [5, 5.41) is 15.8. The van der Waals surface area contributed by atoms with Gasteiger partial charge in [-0.15, -0.1) is 0 Å². The highest BCUT2D eigenvalue weighted by Gasteiger charge is 2.21. The third-order valence-electron chi connectivity index (χ3n) is 6.31. The summed E-state index contributed by atoms with van der Waals surface area (Å²) in [7, 11) is 0. The Morgan fingerprint density at radius 2 is 1.97 bits per heavy atom. The van der Waals surface area contributed by atoms with Gasteiger partial charge in [-0.1, -0.05) is 13.8 Å². The van der Waals surface area contributed by atoms with Crippen LogP contribution in [0, 0.1) is 0 Å². The van der Waals surface area contributed by atoms with Crippen LogP contribution in [0.4, 0.5) is 5.69 Å². The number of nitrogens with zero attached hydrogens (tertiary/aromatic N) is 2. The van der Waals surface area contributed by atoms with Gasteiger partial charge in [-0.2, -0.15) is 0 Å². The van der Waals surface area contributed by atoms with Crippen molar-refractivity contribution in [2.75, 3.05) is 25.0 Å². The summed E-state index contributed by atoms with van der Waals surface area (Å²) >= 11 is 0. The van der Waals surface area contributed by atoms with Crippen LogP contribution in [0.2, 0.25) is 0 Å². The monoisotopic (exact) mass is 393 g/mol. The van der Waals surface area contributed by atoms with Crippen molar-refractivity contribution in [2.45, 2.75) is 52.8 Å². The van der Waals surface area contributed by atoms with Crippen molar-refractivity contribution in [3.63, 3.8) is 0 Å². The minimum atomic E-state index is -0.502. The maximum Gasteiger partial charge on any atom is 0.159 e. The average Bonchev–Trinajstić information content (AvgIpc) is 2.89. The zero-order valence-corrected chi connectivity index (χ0v) is 17.7. The van der Waals surface area contributed by atoms with Gasteiger partial charge in [0.15, 0.2) is 5.78 Å². The van der Waals surface area contributed by atoms with Crippen LogP contribution in [0.15, 0.2) is 30.3 Å². The van der Waals surface area contributed by atoms with Crippen molar-refractivity contribution in [1.29, 1.82) is 0 Å². The molecule has 29 heavy (non-hydrogen) atoms. The number of hydrogen-bond acceptors (Lipinski definition) is 4. The number of likely N-dealkylation sites (N-methyl/N-ethyl adjacent to an activating group) is 1. The number of fused-ring (bicyclic) bond motifs is 5. The Morgan fingerprint density at radius 3 is 2.69 bits per heavy atom. The molecule has 0 saturated carbocycles. The quantitative estimate of drug-likeness (QED) is 0.609. The number of ketones is 1. The second-order valence-electron chi connectivity index (χ2n) is 8.00. The first-order valence-corrected chi connectivity index (χ1v) is 10.8. The van der Waals surface area contributed by atoms with Gasteiger partial charge in [0.1, 0.15) is 6.23 Å². The fraction of sp³-hybridized carbons (Fsp3) is 0.458. The van der Waals surface area contributed by atoms with Crippen molar-refractivity contribution in [2.24, 2.45) is 0 Å². The second kappa shape index (κ2) is 8.17. The summed E-state index contributed by atoms with van der Waals surface area (Å²) in [6.45, 7) is 10.0. The van der Waals surface area contributed by atoms with Gasteiger partial charge >= 0.3 is 0 Å². The molecule has 0 bridgehead atoms. The van der Waals surface area contributed by atoms with Crippen LogP contribution in [0.1, 0.15) is 49.5 Å². The first-order valence-electron chi connectivity index (χ1n) is 10.8. The molecule has 1 aliphatic rings. The number of aromatic nitrogens is 1. The van der Waals surface area contributed by atoms with Crippen LogP contribution in [0.3, 0.4) is 0 Å². The van der Waals surface area contributed by atoms with Crippen molar-refractivity contribution in [3.05, 3.63) is 41.5 Å². The Balaban J connectivity index is 1.94. The number of carbonyl (C=O) groups excluding carboxylic acids is 1. The molecule has 1 unspecified atom stereocenters. The van der Waals surface area contributed by atoms with Gasteiger partial charge in [-0.25, -0.2) is 0 Å². The van der Waals surface area contributed by atoms with E-state index >= 15 is 0 Å². The number of anilines is 1. The van der Waals surface area contributed by atoms with E-state index in [1.807, 2.05) is 6.07 Å². The third-order valence-corrected chi connectivity index (χ3v) is 6.31. The van der Waals surface area contributed by atoms with Crippen LogP contribution >= 0.6 is 0 Å². The van der Waals surface area contributed by atoms with Gasteiger partial charge in [0, 0.05) is 46.1 Å². The molecule has 2 aromatic carbocycles. The first-order chi connectivity index (χ1) is 14.0. The maximum absolute atomic E-state index is 12.1. The molecule has 0 amide bonds. The number of carbonyl (C=O) groups is 1. The fourth-order valence-electron chi connectivity index (χ4n) is 4.62. The van der Waals surface area contributed by atoms with Gasteiger partial charge in [-0.05, 0) is 75.2 Å². The van der Waals surface area contributed by atoms with Crippen LogP contribution < -0.4 is 5.32 Å². The molecular formula is C24H31N3O2. The molecule has 0 radical (unpaired) electrons. The zero-order valence-electron chi connectivity index (χ0n) is 17.7. The molecule has 3 aromatic rings. The molecule has 5 heteroatoms. The normalized spacial score (nSPS) is 16.8. The second-order valence-corrected chi connectivity index (χ2v) is 8.00. The predicted octanol–water partition coefficient (Wildman–Crippen LogP) is 4.41. The molecule has 1 atom stereocenters. The molecular weight excluding hydrogens is 362 g/mol. The average molecular weight is 394 g/mol. The molecule has 2 heterocycles. The number of benzene rings is 2. The smallest absolute Gasteiger partial charge is 0.159 e. The van der Waals surface area contributed by atoms with Crippen LogP contribution in [0.25, 0.3) is 21.8 Å². The molecule has 0 fully saturated rings. The fourth-order valence-corrected chi connectivity index (χ4v) is 4.62. The Bertz CT molecular complexity index is 1050. The summed E-state index contributed by atoms with van der Waals surface area (Å²) in [6.07, 6.45) is 2.11. The molecule has 4 rings (SSSR count). The van der Waals surface area contributed by atoms with Crippen molar-refractivity contribution >= 4 is 33.3 Å². The standard InChI is InChI=1S/C24H31N3O2/c1-4-26(5-2)13-14-27-21-11-9-17(16(3)28)15-19(21)24-18-7-6-8-23(29)25-20(18)10-12-22(24)27/h9-12,15,23,25,29H,4-8,13-14H2,1-3H3. The van der Waals surface area contributed by atoms with Gasteiger partial charge in [-0.3, -0.25) is 4.79 Å². The van der Waals surface area contributed by atoms with E-state index in [0.29, 0.717) is 0 Å². The molecule has 1 aliphatic heterocycles. The van der Waals surface area contributed by atoms with Gasteiger partial charge in [0.05, 0.1) is 0 Å². The van der Waals surface area contributed by atoms with E-state index in [-0.39, 0.29) is 5.78 Å². The molecule has 0 aliphatic carbocycles. The number of rotatable bonds is 6. The van der Waals surface area contributed by atoms with Gasteiger partial charge < -0.3 is 19.9 Å². The van der Waals surface area contributed by atoms with E-state index in [9.17, 15) is 9.90 Å². The largest absolute Gasteiger partial charge is 0.374 e. The highest BCUT2D eigenvalue weighted by molar-refractivity contribution is 6.13. The van der Waals surface area contributed by atoms with Crippen LogP contribution in [0.5, 0.6) is 0 Å². The van der Waals surface area contributed by atoms with Crippen molar-refractivity contribution in [1.82, 2.24) is 9.47 Å². The SMILES string of the molecule is CCN(CC)CCn1c2ccc(C(C)=O)cc2c2c3c(ccc21)NC(O)CCC3. The van der Waals surface area contributed by atoms with Crippen molar-refractivity contribution < 1.29 is 9.90 Å². The summed E-state index contributed by atoms with van der Waals surface area (Å²) in [5.74, 6) is 0.0894. The van der Waals surface area contributed by atoms with E-state index in [4.69, 9.17) is 0 Å². The van der Waals surface area contributed by atoms with Crippen LogP contribution in [-0.4, -0.2) is 46.2 Å². The predicted molar refractivity (Wildman–Crippen MR) is 120 cm³/mol. The van der Waals surface area contributed by atoms with E-state index in [1.165, 1.54) is 22.0 Å². The van der Waals surface area contributed by atoms with E-state index in [0.717, 1.165) is 62.1 Å². The molecule has 0 spiro atoms. The van der Waals surface area contributed by atoms with Crippen LogP contribution in [-0.2, 0) is 13.0 Å². The lowest BCUT2D eigenvalue weighted by atomic mass is 9.99. The zero-order chi connectivity index (χ0) is 20.5. The first kappa shape index (κ1) is 19.9. The summed E-state index contributed by atoms with van der Waals surface area (Å²) in [6, 6.07) is 10.4. The number of aliphatic hydroxyl groups excluding tert-OH is 1. The molecule has 154 valence electrons. The Labute approximate surface area is 172 Å². The third kappa shape index (κ3) is 3.65. The van der Waals surface area contributed by atoms with E-state index < -0.39 is 6.23 Å². The number of aliphatic hydroxyl groups is 1. The lowest BCUT2D eigenvalue weighted by molar-refractivity contribution is 0.101. The van der Waals surface area contributed by atoms with Gasteiger partial charge in [0.25, 0.3) is 0 Å². The minimum Gasteiger partial charge on any atom is -0.374 e. The maximum atomic E-state index is 12.1. The lowest BCUT2D eigenvalue weighted by Crippen LogP contribution is -2.26. The summed E-state index contributed by atoms with van der Waals surface area (Å²) in [5.41, 5.74) is 5.41. The van der Waals surface area contributed by atoms with E-state index in [2.05, 4.69) is 52.9 Å². The Hall–Kier alpha value is -2.37. The van der Waals surface area contributed by atoms with Crippen molar-refractivity contribution in [3.8, 4) is 0 Å². The molecule has 0 saturated heterocycles. The van der Waals surface area contributed by atoms with Gasteiger partial charge in [0.2, 0.25) is 0 Å². The highest BCUT2D eigenvalue weighted by atomic mass is 16.3. The highest BCUT2D eigenvalue weighted by Crippen LogP contribution is 2.38. The molecule has 5 nitrogen and oxygen atoms in total. The molecule has 2 N–H and O–H groups in total. The number of Topliss-reactive ketones (excluding diaryl/α,β-unsaturated/α-hetero) is 1. The Kier molecular flexibility index (Phi) is 5.61. The summed E-state index contributed by atoms with van der Waals surface area (Å²) < 4.78 is 2.40. The topological polar surface area (TPSA) is 57.5 Å². The summed E-state index contributed by atoms with van der Waals surface area (Å²) in [4.78, 5) is 14.5. The number of hydrogen-bond donors (Lipinski definition) is 2. The minimum absolute atomic E-state index is 0.0894. The van der Waals surface area contributed by atoms with E-state index in [1.54, 1.807) is 6.92 Å². The lowest BCUT2D eigenvalue weighted by Gasteiger charge is -2.19. The number of nitrogens with one attached hydrogen (secondary N) is 1.